The molecule has 0 bridgehead atoms. The zero-order chi connectivity index (χ0) is 23.2. The number of nitrogens with zero attached hydrogens (tertiary/aromatic N) is 2. The molecule has 0 unspecified atom stereocenters. The van der Waals surface area contributed by atoms with E-state index in [0.717, 1.165) is 22.4 Å². The Labute approximate surface area is 197 Å². The average Bonchev–Trinajstić information content (AvgIpc) is 3.34. The van der Waals surface area contributed by atoms with Crippen molar-refractivity contribution in [2.75, 3.05) is 51.8 Å². The summed E-state index contributed by atoms with van der Waals surface area (Å²) in [6.07, 6.45) is 0.676. The van der Waals surface area contributed by atoms with Crippen LogP contribution in [0.3, 0.4) is 0 Å². The number of alkyl halides is 1. The van der Waals surface area contributed by atoms with Gasteiger partial charge in [0.15, 0.2) is 17.3 Å². The zero-order valence-electron chi connectivity index (χ0n) is 18.7. The van der Waals surface area contributed by atoms with E-state index in [-0.39, 0.29) is 5.82 Å². The van der Waals surface area contributed by atoms with Crippen LogP contribution < -0.4 is 14.8 Å². The highest BCUT2D eigenvalue weighted by molar-refractivity contribution is 6.17. The van der Waals surface area contributed by atoms with Crippen LogP contribution in [0.2, 0.25) is 0 Å². The fraction of sp³-hybridized carbons (Fsp3) is 0.375. The molecule has 1 N–H and O–H groups in total. The maximum atomic E-state index is 13.7. The summed E-state index contributed by atoms with van der Waals surface area (Å²) >= 11 is 5.61. The molecule has 9 heteroatoms. The third-order valence-electron chi connectivity index (χ3n) is 5.41. The largest absolute Gasteiger partial charge is 0.493 e. The molecule has 3 aromatic rings. The number of hydrogen-bond donors (Lipinski definition) is 1. The molecule has 4 rings (SSSR count). The lowest BCUT2D eigenvalue weighted by Gasteiger charge is -2.12. The van der Waals surface area contributed by atoms with Gasteiger partial charge < -0.3 is 24.3 Å². The lowest BCUT2D eigenvalue weighted by Crippen LogP contribution is -2.12. The first-order chi connectivity index (χ1) is 16.1. The normalized spacial score (nSPS) is 11.9. The molecule has 0 saturated carbocycles. The average molecular weight is 476 g/mol. The van der Waals surface area contributed by atoms with Crippen molar-refractivity contribution in [2.45, 2.75) is 13.0 Å². The van der Waals surface area contributed by atoms with Gasteiger partial charge in [0, 0.05) is 29.1 Å². The van der Waals surface area contributed by atoms with Crippen LogP contribution in [-0.4, -0.2) is 56.3 Å². The number of fused-ring (bicyclic) bond motifs is 3. The number of nitrogens with one attached hydrogen (secondary N) is 1. The smallest absolute Gasteiger partial charge is 0.161 e. The molecule has 0 amide bonds. The molecule has 1 aliphatic carbocycles. The van der Waals surface area contributed by atoms with E-state index in [1.807, 2.05) is 22.9 Å². The Bertz CT molecular complexity index is 1110. The molecule has 0 saturated heterocycles. The highest BCUT2D eigenvalue weighted by Crippen LogP contribution is 2.45. The van der Waals surface area contributed by atoms with Crippen LogP contribution in [0.15, 0.2) is 36.4 Å². The summed E-state index contributed by atoms with van der Waals surface area (Å²) in [7, 11) is 3.24. The van der Waals surface area contributed by atoms with Crippen LogP contribution in [0, 0.1) is 5.82 Å². The molecule has 1 aliphatic rings. The first-order valence-corrected chi connectivity index (χ1v) is 11.3. The van der Waals surface area contributed by atoms with Crippen molar-refractivity contribution in [3.8, 4) is 22.8 Å². The van der Waals surface area contributed by atoms with Crippen LogP contribution >= 0.6 is 11.6 Å². The summed E-state index contributed by atoms with van der Waals surface area (Å²) in [5.74, 6) is 2.19. The summed E-state index contributed by atoms with van der Waals surface area (Å²) in [6, 6.07) is 10.3. The maximum absolute atomic E-state index is 13.7. The predicted octanol–water partition coefficient (Wildman–Crippen LogP) is 4.63. The Balaban J connectivity index is 1.60. The van der Waals surface area contributed by atoms with Gasteiger partial charge in [0.2, 0.25) is 0 Å². The van der Waals surface area contributed by atoms with Crippen LogP contribution in [-0.2, 0) is 22.4 Å². The van der Waals surface area contributed by atoms with E-state index in [1.165, 1.54) is 12.1 Å². The van der Waals surface area contributed by atoms with Crippen molar-refractivity contribution >= 4 is 23.1 Å². The lowest BCUT2D eigenvalue weighted by atomic mass is 10.1. The van der Waals surface area contributed by atoms with Crippen LogP contribution in [0.1, 0.15) is 11.1 Å². The van der Waals surface area contributed by atoms with Crippen LogP contribution in [0.5, 0.6) is 11.5 Å². The van der Waals surface area contributed by atoms with Gasteiger partial charge in [0.05, 0.1) is 52.9 Å². The quantitative estimate of drug-likeness (QED) is 0.238. The van der Waals surface area contributed by atoms with Crippen molar-refractivity contribution in [1.82, 2.24) is 9.78 Å². The van der Waals surface area contributed by atoms with E-state index in [9.17, 15) is 4.39 Å². The van der Waals surface area contributed by atoms with Crippen molar-refractivity contribution in [2.24, 2.45) is 0 Å². The van der Waals surface area contributed by atoms with Gasteiger partial charge in [-0.05, 0) is 35.9 Å². The van der Waals surface area contributed by atoms with Crippen molar-refractivity contribution in [3.63, 3.8) is 0 Å². The maximum Gasteiger partial charge on any atom is 0.161 e. The molecule has 2 aromatic carbocycles. The molecule has 0 aliphatic heterocycles. The Morgan fingerprint density at radius 2 is 1.79 bits per heavy atom. The van der Waals surface area contributed by atoms with Gasteiger partial charge >= 0.3 is 0 Å². The highest BCUT2D eigenvalue weighted by atomic mass is 35.5. The summed E-state index contributed by atoms with van der Waals surface area (Å²) in [4.78, 5) is 0. The molecule has 1 heterocycles. The number of rotatable bonds is 12. The summed E-state index contributed by atoms with van der Waals surface area (Å²) in [5, 5.41) is 8.06. The van der Waals surface area contributed by atoms with E-state index in [1.54, 1.807) is 20.3 Å². The third-order valence-corrected chi connectivity index (χ3v) is 5.56. The molecule has 33 heavy (non-hydrogen) atoms. The Morgan fingerprint density at radius 1 is 1.03 bits per heavy atom. The predicted molar refractivity (Wildman–Crippen MR) is 126 cm³/mol. The minimum Gasteiger partial charge on any atom is -0.493 e. The topological polar surface area (TPSA) is 66.8 Å². The number of halogens is 2. The number of benzene rings is 2. The molecule has 0 fully saturated rings. The van der Waals surface area contributed by atoms with Crippen LogP contribution in [0.25, 0.3) is 11.3 Å². The number of hydrogen-bond acceptors (Lipinski definition) is 6. The molecule has 0 atom stereocenters. The van der Waals surface area contributed by atoms with Gasteiger partial charge in [-0.1, -0.05) is 6.07 Å². The Hall–Kier alpha value is -2.81. The van der Waals surface area contributed by atoms with E-state index in [2.05, 4.69) is 5.32 Å². The lowest BCUT2D eigenvalue weighted by molar-refractivity contribution is 0.0496. The molecule has 0 radical (unpaired) electrons. The second-order valence-electron chi connectivity index (χ2n) is 7.49. The van der Waals surface area contributed by atoms with Gasteiger partial charge in [0.25, 0.3) is 0 Å². The number of aromatic nitrogens is 2. The number of ether oxygens (including phenoxy) is 4. The zero-order valence-corrected chi connectivity index (χ0v) is 19.5. The van der Waals surface area contributed by atoms with Gasteiger partial charge in [-0.25, -0.2) is 4.39 Å². The fourth-order valence-corrected chi connectivity index (χ4v) is 4.05. The Morgan fingerprint density at radius 3 is 2.52 bits per heavy atom. The SMILES string of the molecule is COc1cc2c(cc1OC)-c1c(c(Nc3cccc(F)c3)nn1CCOCCOCCCl)C2. The third kappa shape index (κ3) is 5.24. The molecule has 0 spiro atoms. The standard InChI is InChI=1S/C24H27ClFN3O4/c1-30-21-13-16-12-20-23(19(16)15-22(21)31-2)29(7-9-33-11-10-32-8-6-25)28-24(20)27-18-5-3-4-17(26)14-18/h3-5,13-15H,6-12H2,1-2H3,(H,27,28). The number of methoxy groups -OCH3 is 2. The highest BCUT2D eigenvalue weighted by Gasteiger charge is 2.29. The molecule has 176 valence electrons. The van der Waals surface area contributed by atoms with Crippen LogP contribution in [0.4, 0.5) is 15.9 Å². The summed E-state index contributed by atoms with van der Waals surface area (Å²) in [6.45, 7) is 2.51. The number of anilines is 2. The summed E-state index contributed by atoms with van der Waals surface area (Å²) in [5.41, 5.74) is 4.82. The molecular weight excluding hydrogens is 449 g/mol. The van der Waals surface area contributed by atoms with E-state index in [4.69, 9.17) is 35.6 Å². The van der Waals surface area contributed by atoms with Gasteiger partial charge in [-0.15, -0.1) is 11.6 Å². The van der Waals surface area contributed by atoms with E-state index in [0.29, 0.717) is 68.3 Å². The summed E-state index contributed by atoms with van der Waals surface area (Å²) < 4.78 is 37.7. The Kier molecular flexibility index (Phi) is 7.69. The molecule has 1 aromatic heterocycles. The first kappa shape index (κ1) is 23.4. The van der Waals surface area contributed by atoms with Gasteiger partial charge in [0.1, 0.15) is 5.82 Å². The first-order valence-electron chi connectivity index (χ1n) is 10.7. The van der Waals surface area contributed by atoms with Gasteiger partial charge in [-0.2, -0.15) is 5.10 Å². The molecular formula is C24H27ClFN3O4. The second kappa shape index (κ2) is 10.9. The molecule has 7 nitrogen and oxygen atoms in total. The van der Waals surface area contributed by atoms with E-state index < -0.39 is 0 Å². The van der Waals surface area contributed by atoms with Crippen molar-refractivity contribution < 1.29 is 23.3 Å². The fourth-order valence-electron chi connectivity index (χ4n) is 3.94. The monoisotopic (exact) mass is 475 g/mol. The second-order valence-corrected chi connectivity index (χ2v) is 7.87. The van der Waals surface area contributed by atoms with E-state index >= 15 is 0 Å². The minimum absolute atomic E-state index is 0.307. The van der Waals surface area contributed by atoms with Gasteiger partial charge in [-0.3, -0.25) is 4.68 Å². The van der Waals surface area contributed by atoms with Crippen molar-refractivity contribution in [1.29, 1.82) is 0 Å². The van der Waals surface area contributed by atoms with Crippen molar-refractivity contribution in [3.05, 3.63) is 53.3 Å². The minimum atomic E-state index is -0.307.